The number of carbonyl (C=O) groups is 8. The number of allylic oxidation sites excluding steroid dienone is 16. The van der Waals surface area contributed by atoms with E-state index in [-0.39, 0.29) is 123 Å². The number of rotatable bonds is 48. The molecule has 0 saturated carbocycles. The van der Waals surface area contributed by atoms with E-state index in [1.807, 2.05) is 7.05 Å². The average molecular weight is 1420 g/mol. The summed E-state index contributed by atoms with van der Waals surface area (Å²) >= 11 is 0. The zero-order valence-corrected chi connectivity index (χ0v) is 65.7. The van der Waals surface area contributed by atoms with Crippen molar-refractivity contribution in [3.8, 4) is 0 Å². The van der Waals surface area contributed by atoms with E-state index in [4.69, 9.17) is 18.9 Å². The van der Waals surface area contributed by atoms with E-state index in [9.17, 15) is 38.4 Å². The van der Waals surface area contributed by atoms with Crippen molar-refractivity contribution in [2.24, 2.45) is 23.7 Å². The monoisotopic (exact) mass is 1420 g/mol. The Bertz CT molecular complexity index is 2520. The summed E-state index contributed by atoms with van der Waals surface area (Å²) in [4.78, 5) is 120. The van der Waals surface area contributed by atoms with E-state index in [1.54, 1.807) is 47.8 Å². The van der Waals surface area contributed by atoms with Crippen LogP contribution in [0.5, 0.6) is 0 Å². The molecule has 4 amide bonds. The molecule has 0 aromatic rings. The molecule has 0 fully saturated rings. The standard InChI is InChI=1S/C83H135N7O12/c1-64(2)20-14-24-68-28-36-72(37-29-68)80(95)85(10)56-60-99-76(91)44-52-89(53-45-77(92)100-61-57-86(11)81(96)73-38-30-69(31-39-73)25-15-21-65(3)4)50-18-48-84(9)49-19-51-90(54-46-78(93)101-62-58-87(12)82(97)74-40-32-70(33-41-74)26-16-22-66(5)6)55-47-79(94)102-63-59-88(13)83(98)75-42-34-71(35-43-75)27-17-23-67(7)8/h20-23,28,30,32,34,72-75H,14-19,24-27,29,31,33,35-63H2,1-13H3. The second kappa shape index (κ2) is 50.1. The highest BCUT2D eigenvalue weighted by Crippen LogP contribution is 2.32. The van der Waals surface area contributed by atoms with Gasteiger partial charge in [0.15, 0.2) is 0 Å². The van der Waals surface area contributed by atoms with Crippen molar-refractivity contribution in [3.63, 3.8) is 0 Å². The van der Waals surface area contributed by atoms with E-state index in [2.05, 4.69) is 119 Å². The first-order valence-corrected chi connectivity index (χ1v) is 38.8. The van der Waals surface area contributed by atoms with E-state index < -0.39 is 0 Å². The predicted molar refractivity (Wildman–Crippen MR) is 409 cm³/mol. The molecule has 0 spiro atoms. The number of ether oxygens (including phenoxy) is 4. The quantitative estimate of drug-likeness (QED) is 0.0317. The lowest BCUT2D eigenvalue weighted by Gasteiger charge is -2.27. The molecule has 4 aliphatic carbocycles. The molecule has 0 N–H and O–H groups in total. The second-order valence-corrected chi connectivity index (χ2v) is 30.2. The largest absolute Gasteiger partial charge is 0.464 e. The first-order valence-electron chi connectivity index (χ1n) is 38.8. The van der Waals surface area contributed by atoms with Crippen molar-refractivity contribution in [2.75, 3.05) is 140 Å². The van der Waals surface area contributed by atoms with Gasteiger partial charge in [0.05, 0.1) is 51.9 Å². The van der Waals surface area contributed by atoms with Crippen LogP contribution in [0.4, 0.5) is 0 Å². The van der Waals surface area contributed by atoms with Crippen molar-refractivity contribution in [1.82, 2.24) is 34.3 Å². The second-order valence-electron chi connectivity index (χ2n) is 30.2. The van der Waals surface area contributed by atoms with Gasteiger partial charge in [-0.15, -0.1) is 0 Å². The minimum Gasteiger partial charge on any atom is -0.464 e. The maximum Gasteiger partial charge on any atom is 0.307 e. The summed E-state index contributed by atoms with van der Waals surface area (Å²) in [6.07, 6.45) is 37.8. The highest BCUT2D eigenvalue weighted by molar-refractivity contribution is 5.81. The Morgan fingerprint density at radius 3 is 0.755 bits per heavy atom. The Balaban J connectivity index is 1.30. The van der Waals surface area contributed by atoms with Crippen LogP contribution in [0, 0.1) is 23.7 Å². The molecular weight excluding hydrogens is 1290 g/mol. The Kier molecular flexibility index (Phi) is 43.2. The molecule has 0 saturated heterocycles. The van der Waals surface area contributed by atoms with Crippen LogP contribution in [0.3, 0.4) is 0 Å². The summed E-state index contributed by atoms with van der Waals surface area (Å²) in [5.74, 6) is -1.57. The predicted octanol–water partition coefficient (Wildman–Crippen LogP) is 13.8. The molecule has 4 aliphatic rings. The minimum atomic E-state index is -0.381. The normalized spacial score (nSPS) is 17.4. The molecule has 4 rings (SSSR count). The lowest BCUT2D eigenvalue weighted by atomic mass is 9.87. The van der Waals surface area contributed by atoms with Crippen molar-refractivity contribution < 1.29 is 57.3 Å². The van der Waals surface area contributed by atoms with Gasteiger partial charge in [-0.1, -0.05) is 93.2 Å². The summed E-state index contributed by atoms with van der Waals surface area (Å²) in [6, 6.07) is 0. The number of amides is 4. The molecule has 102 heavy (non-hydrogen) atoms. The van der Waals surface area contributed by atoms with Gasteiger partial charge in [0.1, 0.15) is 26.4 Å². The van der Waals surface area contributed by atoms with Gasteiger partial charge in [-0.2, -0.15) is 0 Å². The maximum absolute atomic E-state index is 13.4. The SMILES string of the molecule is CC(C)=CCCC1=CCC(C(=O)N(C)CCOC(=O)CCN(CCCN(C)CCCN(CCC(=O)OCCN(C)C(=O)C2CC=C(CCC=C(C)C)CC2)CCC(=O)OCCN(C)C(=O)C2CC=C(CCC=C(C)C)CC2)CCC(=O)OCCN(C)C(=O)C2CC=C(CCC=C(C)C)CC2)CC1. The van der Waals surface area contributed by atoms with Crippen LogP contribution in [0.2, 0.25) is 0 Å². The van der Waals surface area contributed by atoms with Gasteiger partial charge in [0, 0.05) is 78.0 Å². The molecule has 19 nitrogen and oxygen atoms in total. The fourth-order valence-electron chi connectivity index (χ4n) is 13.6. The van der Waals surface area contributed by atoms with Crippen molar-refractivity contribution in [1.29, 1.82) is 0 Å². The third-order valence-corrected chi connectivity index (χ3v) is 20.3. The van der Waals surface area contributed by atoms with Crippen LogP contribution < -0.4 is 0 Å². The van der Waals surface area contributed by atoms with Gasteiger partial charge in [-0.3, -0.25) is 38.4 Å². The Morgan fingerprint density at radius 2 is 0.559 bits per heavy atom. The number of hydrogen-bond donors (Lipinski definition) is 0. The first-order chi connectivity index (χ1) is 48.8. The number of nitrogens with zero attached hydrogens (tertiary/aromatic N) is 7. The van der Waals surface area contributed by atoms with Crippen LogP contribution in [0.25, 0.3) is 0 Å². The lowest BCUT2D eigenvalue weighted by Crippen LogP contribution is -2.37. The zero-order valence-electron chi connectivity index (χ0n) is 65.7. The van der Waals surface area contributed by atoms with Gasteiger partial charge >= 0.3 is 23.9 Å². The number of carbonyl (C=O) groups excluding carboxylic acids is 8. The van der Waals surface area contributed by atoms with Crippen molar-refractivity contribution in [2.45, 2.75) is 222 Å². The van der Waals surface area contributed by atoms with Gasteiger partial charge in [-0.25, -0.2) is 0 Å². The molecule has 0 heterocycles. The van der Waals surface area contributed by atoms with Gasteiger partial charge in [-0.05, 0) is 230 Å². The molecule has 19 heteroatoms. The van der Waals surface area contributed by atoms with Crippen molar-refractivity contribution in [3.05, 3.63) is 93.2 Å². The number of likely N-dealkylation sites (N-methyl/N-ethyl adjacent to an activating group) is 4. The lowest BCUT2D eigenvalue weighted by molar-refractivity contribution is -0.147. The molecule has 0 bridgehead atoms. The molecule has 0 aliphatic heterocycles. The van der Waals surface area contributed by atoms with Gasteiger partial charge in [0.25, 0.3) is 0 Å². The third kappa shape index (κ3) is 37.8. The number of esters is 4. The number of hydrogen-bond acceptors (Lipinski definition) is 15. The topological polar surface area (TPSA) is 196 Å². The summed E-state index contributed by atoms with van der Waals surface area (Å²) < 4.78 is 22.7. The summed E-state index contributed by atoms with van der Waals surface area (Å²) in [5.41, 5.74) is 10.9. The Hall–Kier alpha value is -6.44. The van der Waals surface area contributed by atoms with Crippen LogP contribution in [0.15, 0.2) is 93.2 Å². The molecule has 574 valence electrons. The van der Waals surface area contributed by atoms with E-state index >= 15 is 0 Å². The van der Waals surface area contributed by atoms with Crippen LogP contribution in [-0.4, -0.2) is 222 Å². The van der Waals surface area contributed by atoms with Crippen LogP contribution in [0.1, 0.15) is 222 Å². The third-order valence-electron chi connectivity index (χ3n) is 20.3. The molecule has 4 atom stereocenters. The van der Waals surface area contributed by atoms with E-state index in [0.717, 1.165) is 141 Å². The maximum atomic E-state index is 13.4. The van der Waals surface area contributed by atoms with Crippen molar-refractivity contribution >= 4 is 47.5 Å². The zero-order chi connectivity index (χ0) is 74.8. The fraction of sp³-hybridized carbons (Fsp3) is 0.711. The Morgan fingerprint density at radius 1 is 0.333 bits per heavy atom. The minimum absolute atomic E-state index is 0.0664. The average Bonchev–Trinajstić information content (AvgIpc) is 0.897. The first kappa shape index (κ1) is 88.0. The van der Waals surface area contributed by atoms with Gasteiger partial charge < -0.3 is 53.2 Å². The van der Waals surface area contributed by atoms with E-state index in [1.165, 1.54) is 44.6 Å². The fourth-order valence-corrected chi connectivity index (χ4v) is 13.6. The van der Waals surface area contributed by atoms with Gasteiger partial charge in [0.2, 0.25) is 23.6 Å². The van der Waals surface area contributed by atoms with E-state index in [0.29, 0.717) is 78.5 Å². The Labute approximate surface area is 615 Å². The smallest absolute Gasteiger partial charge is 0.307 e. The summed E-state index contributed by atoms with van der Waals surface area (Å²) in [5, 5.41) is 0. The molecule has 0 aromatic heterocycles. The van der Waals surface area contributed by atoms with Crippen LogP contribution >= 0.6 is 0 Å². The highest BCUT2D eigenvalue weighted by Gasteiger charge is 2.29. The molecule has 0 aromatic carbocycles. The highest BCUT2D eigenvalue weighted by atomic mass is 16.5. The molecule has 4 unspecified atom stereocenters. The molecule has 0 radical (unpaired) electrons. The molecular formula is C83H135N7O12. The summed E-state index contributed by atoms with van der Waals surface area (Å²) in [7, 11) is 9.10. The summed E-state index contributed by atoms with van der Waals surface area (Å²) in [6.45, 7) is 22.4. The van der Waals surface area contributed by atoms with Crippen LogP contribution in [-0.2, 0) is 57.3 Å².